The molecule has 1 amide bonds. The highest BCUT2D eigenvalue weighted by molar-refractivity contribution is 5.93. The second-order valence-corrected chi connectivity index (χ2v) is 5.92. The molecule has 3 N–H and O–H groups in total. The van der Waals surface area contributed by atoms with Gasteiger partial charge in [0.25, 0.3) is 5.91 Å². The minimum absolute atomic E-state index is 0.201. The van der Waals surface area contributed by atoms with Crippen LogP contribution in [0.2, 0.25) is 0 Å². The maximum Gasteiger partial charge on any atom is 0.252 e. The van der Waals surface area contributed by atoms with Gasteiger partial charge in [-0.05, 0) is 36.8 Å². The third kappa shape index (κ3) is 5.37. The summed E-state index contributed by atoms with van der Waals surface area (Å²) in [5, 5.41) is 17.2. The van der Waals surface area contributed by atoms with Gasteiger partial charge in [-0.1, -0.05) is 6.07 Å². The van der Waals surface area contributed by atoms with E-state index in [2.05, 4.69) is 36.1 Å². The van der Waals surface area contributed by atoms with Gasteiger partial charge < -0.3 is 20.7 Å². The number of aryl methyl sites for hydroxylation is 1. The van der Waals surface area contributed by atoms with E-state index < -0.39 is 0 Å². The van der Waals surface area contributed by atoms with Crippen molar-refractivity contribution in [3.05, 3.63) is 59.9 Å². The summed E-state index contributed by atoms with van der Waals surface area (Å²) >= 11 is 0. The van der Waals surface area contributed by atoms with E-state index in [9.17, 15) is 4.79 Å². The molecule has 0 bridgehead atoms. The summed E-state index contributed by atoms with van der Waals surface area (Å²) in [5.41, 5.74) is 1.56. The highest BCUT2D eigenvalue weighted by Crippen LogP contribution is 2.12. The molecule has 0 aliphatic heterocycles. The minimum Gasteiger partial charge on any atom is -0.481 e. The minimum atomic E-state index is -0.201. The third-order valence-electron chi connectivity index (χ3n) is 3.76. The molecule has 0 aliphatic carbocycles. The first kappa shape index (κ1) is 19.0. The number of nitrogens with zero attached hydrogens (tertiary/aromatic N) is 4. The Bertz CT molecular complexity index is 897. The molecule has 9 heteroatoms. The monoisotopic (exact) mass is 379 g/mol. The van der Waals surface area contributed by atoms with Crippen molar-refractivity contribution >= 4 is 23.4 Å². The molecule has 0 spiro atoms. The maximum atomic E-state index is 12.0. The molecule has 3 aromatic rings. The number of amides is 1. The largest absolute Gasteiger partial charge is 0.481 e. The van der Waals surface area contributed by atoms with E-state index >= 15 is 0 Å². The molecule has 0 saturated heterocycles. The topological polar surface area (TPSA) is 114 Å². The number of anilines is 3. The molecule has 3 aromatic heterocycles. The fourth-order valence-corrected chi connectivity index (χ4v) is 2.27. The van der Waals surface area contributed by atoms with Gasteiger partial charge in [-0.2, -0.15) is 0 Å². The molecule has 144 valence electrons. The van der Waals surface area contributed by atoms with E-state index in [1.807, 2.05) is 19.1 Å². The van der Waals surface area contributed by atoms with Crippen molar-refractivity contribution in [3.8, 4) is 5.88 Å². The first-order valence-corrected chi connectivity index (χ1v) is 8.69. The van der Waals surface area contributed by atoms with Gasteiger partial charge in [0.2, 0.25) is 5.88 Å². The molecular weight excluding hydrogens is 358 g/mol. The van der Waals surface area contributed by atoms with Crippen molar-refractivity contribution in [1.82, 2.24) is 25.5 Å². The fraction of sp³-hybridized carbons (Fsp3) is 0.211. The number of pyridine rings is 2. The van der Waals surface area contributed by atoms with Crippen LogP contribution in [0.25, 0.3) is 0 Å². The Labute approximate surface area is 162 Å². The standard InChI is InChI=1S/C19H21N7O2/c1-13-3-5-15(22-11-13)24-17-7-6-16(25-26-17)20-9-10-21-19(27)14-4-8-18(28-2)23-12-14/h3-8,11-12H,9-10H2,1-2H3,(H,20,25)(H,21,27)(H,22,24,26). The summed E-state index contributed by atoms with van der Waals surface area (Å²) in [6, 6.07) is 10.8. The predicted octanol–water partition coefficient (Wildman–Crippen LogP) is 2.17. The predicted molar refractivity (Wildman–Crippen MR) is 106 cm³/mol. The molecule has 0 aromatic carbocycles. The van der Waals surface area contributed by atoms with E-state index in [-0.39, 0.29) is 5.91 Å². The van der Waals surface area contributed by atoms with Gasteiger partial charge in [-0.15, -0.1) is 10.2 Å². The number of carbonyl (C=O) groups is 1. The summed E-state index contributed by atoms with van der Waals surface area (Å²) in [4.78, 5) is 20.3. The van der Waals surface area contributed by atoms with Gasteiger partial charge in [-0.3, -0.25) is 4.79 Å². The van der Waals surface area contributed by atoms with Crippen molar-refractivity contribution in [2.75, 3.05) is 30.8 Å². The summed E-state index contributed by atoms with van der Waals surface area (Å²) in [6.07, 6.45) is 3.25. The van der Waals surface area contributed by atoms with Gasteiger partial charge in [0.05, 0.1) is 12.7 Å². The van der Waals surface area contributed by atoms with Crippen LogP contribution in [0.1, 0.15) is 15.9 Å². The average Bonchev–Trinajstić information content (AvgIpc) is 2.74. The Hall–Kier alpha value is -3.75. The van der Waals surface area contributed by atoms with Crippen molar-refractivity contribution in [2.45, 2.75) is 6.92 Å². The highest BCUT2D eigenvalue weighted by atomic mass is 16.5. The van der Waals surface area contributed by atoms with Crippen molar-refractivity contribution in [1.29, 1.82) is 0 Å². The summed E-state index contributed by atoms with van der Waals surface area (Å²) in [7, 11) is 1.53. The lowest BCUT2D eigenvalue weighted by Gasteiger charge is -2.08. The normalized spacial score (nSPS) is 10.2. The quantitative estimate of drug-likeness (QED) is 0.510. The molecule has 3 rings (SSSR count). The lowest BCUT2D eigenvalue weighted by molar-refractivity contribution is 0.0954. The second-order valence-electron chi connectivity index (χ2n) is 5.92. The lowest BCUT2D eigenvalue weighted by Crippen LogP contribution is -2.29. The molecule has 28 heavy (non-hydrogen) atoms. The molecule has 3 heterocycles. The molecular formula is C19H21N7O2. The van der Waals surface area contributed by atoms with Crippen LogP contribution in [0.5, 0.6) is 5.88 Å². The van der Waals surface area contributed by atoms with Gasteiger partial charge in [0.1, 0.15) is 11.6 Å². The maximum absolute atomic E-state index is 12.0. The third-order valence-corrected chi connectivity index (χ3v) is 3.76. The fourth-order valence-electron chi connectivity index (χ4n) is 2.27. The van der Waals surface area contributed by atoms with Crippen molar-refractivity contribution in [3.63, 3.8) is 0 Å². The van der Waals surface area contributed by atoms with Crippen LogP contribution >= 0.6 is 0 Å². The number of hydrogen-bond acceptors (Lipinski definition) is 8. The van der Waals surface area contributed by atoms with Gasteiger partial charge >= 0.3 is 0 Å². The molecule has 0 atom stereocenters. The molecule has 0 fully saturated rings. The number of carbonyl (C=O) groups excluding carboxylic acids is 1. The van der Waals surface area contributed by atoms with Crippen molar-refractivity contribution in [2.24, 2.45) is 0 Å². The Morgan fingerprint density at radius 1 is 0.929 bits per heavy atom. The van der Waals surface area contributed by atoms with Crippen molar-refractivity contribution < 1.29 is 9.53 Å². The van der Waals surface area contributed by atoms with E-state index in [0.29, 0.717) is 42.0 Å². The van der Waals surface area contributed by atoms with Crippen LogP contribution in [-0.2, 0) is 0 Å². The van der Waals surface area contributed by atoms with Gasteiger partial charge in [-0.25, -0.2) is 9.97 Å². The lowest BCUT2D eigenvalue weighted by atomic mass is 10.2. The van der Waals surface area contributed by atoms with Crippen LogP contribution in [0.4, 0.5) is 17.5 Å². The number of rotatable bonds is 8. The van der Waals surface area contributed by atoms with Gasteiger partial charge in [0.15, 0.2) is 5.82 Å². The Morgan fingerprint density at radius 3 is 2.36 bits per heavy atom. The van der Waals surface area contributed by atoms with Crippen LogP contribution in [0.3, 0.4) is 0 Å². The van der Waals surface area contributed by atoms with E-state index in [0.717, 1.165) is 5.56 Å². The summed E-state index contributed by atoms with van der Waals surface area (Å²) < 4.78 is 4.97. The number of aromatic nitrogens is 4. The van der Waals surface area contributed by atoms with Crippen LogP contribution in [0.15, 0.2) is 48.8 Å². The highest BCUT2D eigenvalue weighted by Gasteiger charge is 2.06. The molecule has 0 unspecified atom stereocenters. The SMILES string of the molecule is COc1ccc(C(=O)NCCNc2ccc(Nc3ccc(C)cn3)nn2)cn1. The van der Waals surface area contributed by atoms with E-state index in [1.165, 1.54) is 13.3 Å². The molecule has 0 aliphatic rings. The number of ether oxygens (including phenoxy) is 1. The number of methoxy groups -OCH3 is 1. The average molecular weight is 379 g/mol. The van der Waals surface area contributed by atoms with Crippen LogP contribution < -0.4 is 20.7 Å². The zero-order chi connectivity index (χ0) is 19.8. The first-order chi connectivity index (χ1) is 13.6. The molecule has 0 saturated carbocycles. The smallest absolute Gasteiger partial charge is 0.252 e. The zero-order valence-electron chi connectivity index (χ0n) is 15.6. The second kappa shape index (κ2) is 9.26. The van der Waals surface area contributed by atoms with Crippen LogP contribution in [-0.4, -0.2) is 46.3 Å². The first-order valence-electron chi connectivity index (χ1n) is 8.69. The Balaban J connectivity index is 1.42. The molecule has 9 nitrogen and oxygen atoms in total. The summed E-state index contributed by atoms with van der Waals surface area (Å²) in [6.45, 7) is 2.92. The zero-order valence-corrected chi connectivity index (χ0v) is 15.6. The molecule has 0 radical (unpaired) electrons. The van der Waals surface area contributed by atoms with Gasteiger partial charge in [0, 0.05) is 31.5 Å². The summed E-state index contributed by atoms with van der Waals surface area (Å²) in [5.74, 6) is 2.18. The van der Waals surface area contributed by atoms with E-state index in [4.69, 9.17) is 4.74 Å². The number of hydrogen-bond donors (Lipinski definition) is 3. The Kier molecular flexibility index (Phi) is 6.29. The van der Waals surface area contributed by atoms with E-state index in [1.54, 1.807) is 30.5 Å². The van der Waals surface area contributed by atoms with Crippen LogP contribution in [0, 0.1) is 6.92 Å². The Morgan fingerprint density at radius 2 is 1.71 bits per heavy atom. The number of nitrogens with one attached hydrogen (secondary N) is 3.